The Labute approximate surface area is 181 Å². The second-order valence-corrected chi connectivity index (χ2v) is 8.15. The van der Waals surface area contributed by atoms with Crippen molar-refractivity contribution < 1.29 is 9.53 Å². The molecule has 7 heteroatoms. The lowest BCUT2D eigenvalue weighted by Crippen LogP contribution is -2.41. The van der Waals surface area contributed by atoms with E-state index in [0.717, 1.165) is 0 Å². The molecule has 1 unspecified atom stereocenters. The van der Waals surface area contributed by atoms with Crippen LogP contribution in [-0.4, -0.2) is 33.5 Å². The number of hydrogen-bond acceptors (Lipinski definition) is 4. The first-order valence-corrected chi connectivity index (χ1v) is 10.3. The third-order valence-corrected chi connectivity index (χ3v) is 5.14. The maximum absolute atomic E-state index is 13.0. The Bertz CT molecular complexity index is 1100. The van der Waals surface area contributed by atoms with E-state index in [2.05, 4.69) is 4.98 Å². The van der Waals surface area contributed by atoms with E-state index >= 15 is 0 Å². The maximum Gasteiger partial charge on any atom is 0.261 e. The number of carbonyl (C=O) groups is 1. The van der Waals surface area contributed by atoms with Crippen LogP contribution in [0.1, 0.15) is 32.6 Å². The predicted molar refractivity (Wildman–Crippen MR) is 119 cm³/mol. The molecule has 6 nitrogen and oxygen atoms in total. The second kappa shape index (κ2) is 9.30. The first kappa shape index (κ1) is 21.8. The van der Waals surface area contributed by atoms with Crippen LogP contribution in [0.25, 0.3) is 10.9 Å². The monoisotopic (exact) mass is 427 g/mol. The van der Waals surface area contributed by atoms with Crippen molar-refractivity contribution in [2.75, 3.05) is 13.2 Å². The number of fused-ring (bicyclic) bond motifs is 1. The highest BCUT2D eigenvalue weighted by atomic mass is 35.5. The van der Waals surface area contributed by atoms with Gasteiger partial charge >= 0.3 is 0 Å². The molecule has 0 saturated carbocycles. The quantitative estimate of drug-likeness (QED) is 0.566. The van der Waals surface area contributed by atoms with Crippen LogP contribution in [0.2, 0.25) is 5.02 Å². The fraction of sp³-hybridized carbons (Fsp3) is 0.348. The van der Waals surface area contributed by atoms with Gasteiger partial charge in [0.2, 0.25) is 0 Å². The number of amides is 1. The van der Waals surface area contributed by atoms with E-state index in [1.165, 1.54) is 4.57 Å². The highest BCUT2D eigenvalue weighted by Gasteiger charge is 2.26. The lowest BCUT2D eigenvalue weighted by Gasteiger charge is -2.31. The zero-order valence-corrected chi connectivity index (χ0v) is 18.4. The molecular weight excluding hydrogens is 402 g/mol. The highest BCUT2D eigenvalue weighted by molar-refractivity contribution is 6.31. The Balaban J connectivity index is 1.93. The van der Waals surface area contributed by atoms with E-state index in [1.54, 1.807) is 30.1 Å². The van der Waals surface area contributed by atoms with Crippen LogP contribution in [0.4, 0.5) is 0 Å². The van der Waals surface area contributed by atoms with Crippen LogP contribution in [-0.2, 0) is 11.8 Å². The number of para-hydroxylation sites is 1. The maximum atomic E-state index is 13.0. The molecule has 3 rings (SSSR count). The van der Waals surface area contributed by atoms with E-state index in [4.69, 9.17) is 16.3 Å². The lowest BCUT2D eigenvalue weighted by atomic mass is 10.1. The van der Waals surface area contributed by atoms with Gasteiger partial charge in [0, 0.05) is 18.6 Å². The molecule has 1 amide bonds. The Morgan fingerprint density at radius 2 is 1.87 bits per heavy atom. The summed E-state index contributed by atoms with van der Waals surface area (Å²) in [7, 11) is 1.67. The number of halogens is 1. The minimum atomic E-state index is -0.416. The molecule has 0 spiro atoms. The number of aromatic nitrogens is 2. The van der Waals surface area contributed by atoms with E-state index < -0.39 is 6.04 Å². The summed E-state index contributed by atoms with van der Waals surface area (Å²) in [6.45, 7) is 6.38. The Morgan fingerprint density at radius 1 is 1.17 bits per heavy atom. The van der Waals surface area contributed by atoms with Crippen LogP contribution < -0.4 is 10.3 Å². The summed E-state index contributed by atoms with van der Waals surface area (Å²) in [5.41, 5.74) is 0.348. The molecule has 1 atom stereocenters. The molecule has 0 radical (unpaired) electrons. The summed E-state index contributed by atoms with van der Waals surface area (Å²) >= 11 is 6.09. The summed E-state index contributed by atoms with van der Waals surface area (Å²) in [6.07, 6.45) is 0. The molecule has 158 valence electrons. The van der Waals surface area contributed by atoms with E-state index in [-0.39, 0.29) is 24.0 Å². The van der Waals surface area contributed by atoms with Gasteiger partial charge in [-0.25, -0.2) is 4.98 Å². The van der Waals surface area contributed by atoms with Gasteiger partial charge < -0.3 is 9.64 Å². The topological polar surface area (TPSA) is 64.4 Å². The number of ether oxygens (including phenoxy) is 1. The standard InChI is InChI=1S/C23H26ClN3O3/c1-15(2)13-27(21(28)14-30-18-8-6-5-7-9-18)16(3)22-25-20-12-17(24)10-11-19(20)23(29)26(22)4/h5-12,15-16H,13-14H2,1-4H3. The molecule has 0 aliphatic heterocycles. The van der Waals surface area contributed by atoms with Gasteiger partial charge in [-0.05, 0) is 43.2 Å². The number of benzene rings is 2. The predicted octanol–water partition coefficient (Wildman–Crippen LogP) is 4.21. The molecule has 3 aromatic rings. The molecule has 0 fully saturated rings. The fourth-order valence-corrected chi connectivity index (χ4v) is 3.55. The zero-order valence-electron chi connectivity index (χ0n) is 17.6. The molecule has 1 aromatic heterocycles. The van der Waals surface area contributed by atoms with Crippen LogP contribution in [0, 0.1) is 5.92 Å². The summed E-state index contributed by atoms with van der Waals surface area (Å²) in [4.78, 5) is 32.3. The van der Waals surface area contributed by atoms with Crippen LogP contribution in [0.5, 0.6) is 5.75 Å². The van der Waals surface area contributed by atoms with Gasteiger partial charge in [0.1, 0.15) is 11.6 Å². The summed E-state index contributed by atoms with van der Waals surface area (Å²) < 4.78 is 7.16. The van der Waals surface area contributed by atoms with Gasteiger partial charge in [0.05, 0.1) is 16.9 Å². The zero-order chi connectivity index (χ0) is 21.8. The number of carbonyl (C=O) groups excluding carboxylic acids is 1. The van der Waals surface area contributed by atoms with Crippen molar-refractivity contribution >= 4 is 28.4 Å². The molecule has 0 saturated heterocycles. The molecule has 1 heterocycles. The average Bonchev–Trinajstić information content (AvgIpc) is 2.73. The van der Waals surface area contributed by atoms with Crippen LogP contribution in [0.3, 0.4) is 0 Å². The normalized spacial score (nSPS) is 12.2. The Morgan fingerprint density at radius 3 is 2.53 bits per heavy atom. The lowest BCUT2D eigenvalue weighted by molar-refractivity contribution is -0.136. The molecule has 0 N–H and O–H groups in total. The van der Waals surface area contributed by atoms with Gasteiger partial charge in [-0.3, -0.25) is 14.2 Å². The second-order valence-electron chi connectivity index (χ2n) is 7.71. The van der Waals surface area contributed by atoms with Crippen molar-refractivity contribution in [3.8, 4) is 5.75 Å². The SMILES string of the molecule is CC(C)CN(C(=O)COc1ccccc1)C(C)c1nc2cc(Cl)ccc2c(=O)n1C. The third kappa shape index (κ3) is 4.82. The molecule has 30 heavy (non-hydrogen) atoms. The largest absolute Gasteiger partial charge is 0.484 e. The van der Waals surface area contributed by atoms with Gasteiger partial charge in [-0.15, -0.1) is 0 Å². The minimum Gasteiger partial charge on any atom is -0.484 e. The third-order valence-electron chi connectivity index (χ3n) is 4.90. The highest BCUT2D eigenvalue weighted by Crippen LogP contribution is 2.22. The number of nitrogens with zero attached hydrogens (tertiary/aromatic N) is 3. The van der Waals surface area contributed by atoms with E-state index in [0.29, 0.717) is 34.0 Å². The van der Waals surface area contributed by atoms with Gasteiger partial charge in [-0.2, -0.15) is 0 Å². The van der Waals surface area contributed by atoms with Crippen molar-refractivity contribution in [1.29, 1.82) is 0 Å². The first-order valence-electron chi connectivity index (χ1n) is 9.91. The first-order chi connectivity index (χ1) is 14.3. The Hall–Kier alpha value is -2.86. The van der Waals surface area contributed by atoms with Crippen molar-refractivity contribution in [2.45, 2.75) is 26.8 Å². The van der Waals surface area contributed by atoms with Gasteiger partial charge in [-0.1, -0.05) is 43.6 Å². The molecule has 0 bridgehead atoms. The molecule has 0 aliphatic carbocycles. The summed E-state index contributed by atoms with van der Waals surface area (Å²) in [6, 6.07) is 13.8. The smallest absolute Gasteiger partial charge is 0.261 e. The van der Waals surface area contributed by atoms with E-state index in [9.17, 15) is 9.59 Å². The Kier molecular flexibility index (Phi) is 6.77. The summed E-state index contributed by atoms with van der Waals surface area (Å²) in [5, 5.41) is 1.00. The number of rotatable bonds is 7. The van der Waals surface area contributed by atoms with Gasteiger partial charge in [0.15, 0.2) is 6.61 Å². The van der Waals surface area contributed by atoms with Gasteiger partial charge in [0.25, 0.3) is 11.5 Å². The van der Waals surface area contributed by atoms with E-state index in [1.807, 2.05) is 51.1 Å². The molecular formula is C23H26ClN3O3. The van der Waals surface area contributed by atoms with Crippen LogP contribution in [0.15, 0.2) is 53.3 Å². The molecule has 2 aromatic carbocycles. The van der Waals surface area contributed by atoms with Crippen molar-refractivity contribution in [1.82, 2.24) is 14.5 Å². The fourth-order valence-electron chi connectivity index (χ4n) is 3.39. The van der Waals surface area contributed by atoms with Crippen LogP contribution >= 0.6 is 11.6 Å². The summed E-state index contributed by atoms with van der Waals surface area (Å²) in [5.74, 6) is 1.21. The average molecular weight is 428 g/mol. The van der Waals surface area contributed by atoms with Crippen molar-refractivity contribution in [3.63, 3.8) is 0 Å². The minimum absolute atomic E-state index is 0.0889. The molecule has 0 aliphatic rings. The number of hydrogen-bond donors (Lipinski definition) is 0. The van der Waals surface area contributed by atoms with Crippen molar-refractivity contribution in [3.05, 3.63) is 69.7 Å². The van der Waals surface area contributed by atoms with Crippen molar-refractivity contribution in [2.24, 2.45) is 13.0 Å².